The number of esters is 1. The zero-order valence-electron chi connectivity index (χ0n) is 13.9. The van der Waals surface area contributed by atoms with Crippen LogP contribution >= 0.6 is 11.6 Å². The third-order valence-corrected chi connectivity index (χ3v) is 5.46. The molecule has 0 unspecified atom stereocenters. The second-order valence-electron chi connectivity index (χ2n) is 6.52. The number of hydrogen-bond acceptors (Lipinski definition) is 3. The topological polar surface area (TPSA) is 46.6 Å². The highest BCUT2D eigenvalue weighted by molar-refractivity contribution is 6.34. The molecule has 4 nitrogen and oxygen atoms in total. The predicted octanol–water partition coefficient (Wildman–Crippen LogP) is 4.16. The van der Waals surface area contributed by atoms with Gasteiger partial charge in [0.05, 0.1) is 29.3 Å². The summed E-state index contributed by atoms with van der Waals surface area (Å²) in [7, 11) is 1.38. The van der Waals surface area contributed by atoms with E-state index in [1.54, 1.807) is 12.1 Å². The highest BCUT2D eigenvalue weighted by Gasteiger charge is 2.36. The molecule has 1 aliphatic carbocycles. The minimum absolute atomic E-state index is 0.0260. The minimum atomic E-state index is -0.355. The molecule has 0 saturated heterocycles. The summed E-state index contributed by atoms with van der Waals surface area (Å²) in [5.74, 6) is -0.381. The van der Waals surface area contributed by atoms with Crippen LogP contribution in [-0.4, -0.2) is 23.9 Å². The largest absolute Gasteiger partial charge is 0.465 e. The number of amides is 1. The van der Waals surface area contributed by atoms with Gasteiger partial charge in [-0.1, -0.05) is 29.8 Å². The van der Waals surface area contributed by atoms with E-state index in [1.165, 1.54) is 12.7 Å². The van der Waals surface area contributed by atoms with Crippen molar-refractivity contribution in [2.24, 2.45) is 0 Å². The Morgan fingerprint density at radius 2 is 2.08 bits per heavy atom. The van der Waals surface area contributed by atoms with Gasteiger partial charge < -0.3 is 9.64 Å². The Labute approximate surface area is 151 Å². The number of ether oxygens (including phenoxy) is 1. The number of halogens is 1. The van der Waals surface area contributed by atoms with Crippen LogP contribution in [0.5, 0.6) is 0 Å². The number of benzene rings is 2. The zero-order chi connectivity index (χ0) is 17.6. The summed E-state index contributed by atoms with van der Waals surface area (Å²) in [6.45, 7) is 0.557. The van der Waals surface area contributed by atoms with Crippen molar-refractivity contribution in [2.45, 2.75) is 31.8 Å². The summed E-state index contributed by atoms with van der Waals surface area (Å²) in [6.07, 6.45) is 2.86. The molecule has 4 rings (SSSR count). The van der Waals surface area contributed by atoms with Crippen molar-refractivity contribution >= 4 is 23.5 Å². The highest BCUT2D eigenvalue weighted by Crippen LogP contribution is 2.40. The molecule has 1 heterocycles. The zero-order valence-corrected chi connectivity index (χ0v) is 14.7. The number of nitrogens with zero attached hydrogens (tertiary/aromatic N) is 1. The fraction of sp³-hybridized carbons (Fsp3) is 0.300. The van der Waals surface area contributed by atoms with Crippen LogP contribution in [0.3, 0.4) is 0 Å². The van der Waals surface area contributed by atoms with Crippen LogP contribution in [0.25, 0.3) is 0 Å². The molecule has 0 spiro atoms. The molecule has 0 fully saturated rings. The van der Waals surface area contributed by atoms with Crippen LogP contribution in [0.1, 0.15) is 56.3 Å². The number of hydrogen-bond donors (Lipinski definition) is 0. The van der Waals surface area contributed by atoms with Gasteiger partial charge >= 0.3 is 5.97 Å². The Bertz CT molecular complexity index is 877. The summed E-state index contributed by atoms with van der Waals surface area (Å²) >= 11 is 6.25. The molecule has 25 heavy (non-hydrogen) atoms. The molecular formula is C20H18ClNO3. The van der Waals surface area contributed by atoms with Gasteiger partial charge in [0.1, 0.15) is 0 Å². The minimum Gasteiger partial charge on any atom is -0.465 e. The van der Waals surface area contributed by atoms with E-state index in [4.69, 9.17) is 16.3 Å². The quantitative estimate of drug-likeness (QED) is 0.760. The van der Waals surface area contributed by atoms with Crippen molar-refractivity contribution in [3.63, 3.8) is 0 Å². The lowest BCUT2D eigenvalue weighted by molar-refractivity contribution is 0.0600. The third kappa shape index (κ3) is 2.61. The number of aryl methyl sites for hydroxylation is 1. The van der Waals surface area contributed by atoms with Crippen molar-refractivity contribution in [1.82, 2.24) is 4.90 Å². The van der Waals surface area contributed by atoms with E-state index in [-0.39, 0.29) is 17.9 Å². The molecule has 0 N–H and O–H groups in total. The molecule has 5 heteroatoms. The van der Waals surface area contributed by atoms with Crippen molar-refractivity contribution in [3.8, 4) is 0 Å². The van der Waals surface area contributed by atoms with E-state index in [0.717, 1.165) is 30.4 Å². The lowest BCUT2D eigenvalue weighted by atomic mass is 9.85. The van der Waals surface area contributed by atoms with Gasteiger partial charge in [-0.25, -0.2) is 4.79 Å². The Hall–Kier alpha value is -2.33. The van der Waals surface area contributed by atoms with Gasteiger partial charge in [0, 0.05) is 6.54 Å². The van der Waals surface area contributed by atoms with Crippen LogP contribution < -0.4 is 0 Å². The van der Waals surface area contributed by atoms with Crippen LogP contribution in [0, 0.1) is 0 Å². The summed E-state index contributed by atoms with van der Waals surface area (Å²) < 4.78 is 4.84. The molecule has 1 atom stereocenters. The normalized spacial score (nSPS) is 18.7. The van der Waals surface area contributed by atoms with Gasteiger partial charge in [-0.2, -0.15) is 0 Å². The summed E-state index contributed by atoms with van der Waals surface area (Å²) in [5.41, 5.74) is 4.34. The molecule has 1 aliphatic heterocycles. The molecule has 2 aliphatic rings. The van der Waals surface area contributed by atoms with Crippen molar-refractivity contribution in [2.75, 3.05) is 7.11 Å². The molecule has 2 aromatic carbocycles. The summed E-state index contributed by atoms with van der Waals surface area (Å²) in [6, 6.07) is 11.2. The van der Waals surface area contributed by atoms with Crippen molar-refractivity contribution < 1.29 is 14.3 Å². The van der Waals surface area contributed by atoms with Crippen molar-refractivity contribution in [3.05, 3.63) is 69.2 Å². The predicted molar refractivity (Wildman–Crippen MR) is 94.8 cm³/mol. The number of methoxy groups -OCH3 is 1. The summed E-state index contributed by atoms with van der Waals surface area (Å²) in [5, 5.41) is 0.504. The van der Waals surface area contributed by atoms with Crippen molar-refractivity contribution in [1.29, 1.82) is 0 Å². The first-order valence-electron chi connectivity index (χ1n) is 8.39. The number of rotatable bonds is 2. The number of fused-ring (bicyclic) bond motifs is 2. The van der Waals surface area contributed by atoms with Gasteiger partial charge in [0.2, 0.25) is 0 Å². The van der Waals surface area contributed by atoms with Gasteiger partial charge in [0.25, 0.3) is 5.91 Å². The molecule has 128 valence electrons. The summed E-state index contributed by atoms with van der Waals surface area (Å²) in [4.78, 5) is 26.7. The van der Waals surface area contributed by atoms with Gasteiger partial charge in [-0.15, -0.1) is 0 Å². The molecule has 0 bridgehead atoms. The van der Waals surface area contributed by atoms with E-state index < -0.39 is 0 Å². The standard InChI is InChI=1S/C20H18ClNO3/c1-25-20(24)13-9-8-12-4-3-7-17(15(12)10-13)22-11-14-5-2-6-16(21)18(14)19(22)23/h2,5-6,8-10,17H,3-4,7,11H2,1H3/t17-/m0/s1. The first-order chi connectivity index (χ1) is 12.1. The van der Waals surface area contributed by atoms with Gasteiger partial charge in [0.15, 0.2) is 0 Å². The Kier molecular flexibility index (Phi) is 4.00. The fourth-order valence-corrected chi connectivity index (χ4v) is 4.21. The Morgan fingerprint density at radius 3 is 2.84 bits per heavy atom. The lowest BCUT2D eigenvalue weighted by Gasteiger charge is -2.33. The van der Waals surface area contributed by atoms with Gasteiger partial charge in [-0.3, -0.25) is 4.79 Å². The lowest BCUT2D eigenvalue weighted by Crippen LogP contribution is -2.32. The smallest absolute Gasteiger partial charge is 0.337 e. The monoisotopic (exact) mass is 355 g/mol. The maximum absolute atomic E-state index is 13.0. The fourth-order valence-electron chi connectivity index (χ4n) is 3.93. The Morgan fingerprint density at radius 1 is 1.24 bits per heavy atom. The van der Waals surface area contributed by atoms with Gasteiger partial charge in [-0.05, 0) is 54.2 Å². The maximum atomic E-state index is 13.0. The molecule has 1 amide bonds. The molecule has 0 aromatic heterocycles. The average Bonchev–Trinajstić information content (AvgIpc) is 2.98. The highest BCUT2D eigenvalue weighted by atomic mass is 35.5. The van der Waals surface area contributed by atoms with E-state index >= 15 is 0 Å². The first kappa shape index (κ1) is 16.2. The third-order valence-electron chi connectivity index (χ3n) is 5.14. The Balaban J connectivity index is 1.73. The second-order valence-corrected chi connectivity index (χ2v) is 6.93. The second kappa shape index (κ2) is 6.19. The molecule has 2 aromatic rings. The van der Waals surface area contributed by atoms with E-state index in [1.807, 2.05) is 29.2 Å². The molecule has 0 radical (unpaired) electrons. The van der Waals surface area contributed by atoms with E-state index in [2.05, 4.69) is 0 Å². The van der Waals surface area contributed by atoms with E-state index in [0.29, 0.717) is 22.7 Å². The maximum Gasteiger partial charge on any atom is 0.337 e. The first-order valence-corrected chi connectivity index (χ1v) is 8.77. The SMILES string of the molecule is COC(=O)c1ccc2c(c1)[C@@H](N1Cc3cccc(Cl)c3C1=O)CCC2. The average molecular weight is 356 g/mol. The van der Waals surface area contributed by atoms with Crippen LogP contribution in [0.15, 0.2) is 36.4 Å². The van der Waals surface area contributed by atoms with E-state index in [9.17, 15) is 9.59 Å². The van der Waals surface area contributed by atoms with Crippen LogP contribution in [0.2, 0.25) is 5.02 Å². The molecule has 0 saturated carbocycles. The van der Waals surface area contributed by atoms with Crippen LogP contribution in [-0.2, 0) is 17.7 Å². The number of carbonyl (C=O) groups is 2. The van der Waals surface area contributed by atoms with Crippen LogP contribution in [0.4, 0.5) is 0 Å². The number of carbonyl (C=O) groups excluding carboxylic acids is 2. The molecular weight excluding hydrogens is 338 g/mol.